The smallest absolute Gasteiger partial charge is 0.338 e. The molecule has 1 aromatic carbocycles. The predicted octanol–water partition coefficient (Wildman–Crippen LogP) is 14.8. The molecular weight excluding hydrogens is 592 g/mol. The number of unbranched alkanes of at least 4 members (excludes halogenated alkanes) is 30. The lowest BCUT2D eigenvalue weighted by molar-refractivity contribution is 0.0599. The molecule has 0 radical (unpaired) electrons. The van der Waals surface area contributed by atoms with Crippen LogP contribution < -0.4 is 9.47 Å². The maximum absolute atomic E-state index is 12.3. The Morgan fingerprint density at radius 1 is 0.396 bits per heavy atom. The van der Waals surface area contributed by atoms with Gasteiger partial charge in [0.25, 0.3) is 0 Å². The van der Waals surface area contributed by atoms with Crippen molar-refractivity contribution >= 4 is 5.97 Å². The van der Waals surface area contributed by atoms with Crippen molar-refractivity contribution in [3.8, 4) is 11.5 Å². The van der Waals surface area contributed by atoms with Crippen LogP contribution in [-0.2, 0) is 4.74 Å². The average molecular weight is 673 g/mol. The van der Waals surface area contributed by atoms with Gasteiger partial charge in [0.15, 0.2) is 0 Å². The number of methoxy groups -OCH3 is 1. The van der Waals surface area contributed by atoms with Crippen molar-refractivity contribution in [1.82, 2.24) is 0 Å². The number of rotatable bonds is 37. The zero-order valence-corrected chi connectivity index (χ0v) is 32.4. The first-order valence-electron chi connectivity index (χ1n) is 21.2. The summed E-state index contributed by atoms with van der Waals surface area (Å²) in [6.07, 6.45) is 43.5. The van der Waals surface area contributed by atoms with Crippen molar-refractivity contribution in [3.05, 3.63) is 23.8 Å². The van der Waals surface area contributed by atoms with Crippen molar-refractivity contribution in [2.24, 2.45) is 0 Å². The second-order valence-electron chi connectivity index (χ2n) is 14.5. The van der Waals surface area contributed by atoms with Crippen molar-refractivity contribution in [2.45, 2.75) is 219 Å². The van der Waals surface area contributed by atoms with Gasteiger partial charge in [-0.3, -0.25) is 0 Å². The van der Waals surface area contributed by atoms with Gasteiger partial charge in [-0.15, -0.1) is 0 Å². The first-order chi connectivity index (χ1) is 23.7. The van der Waals surface area contributed by atoms with Gasteiger partial charge in [0.05, 0.1) is 25.9 Å². The fourth-order valence-corrected chi connectivity index (χ4v) is 6.65. The maximum atomic E-state index is 12.3. The average Bonchev–Trinajstić information content (AvgIpc) is 3.10. The summed E-state index contributed by atoms with van der Waals surface area (Å²) in [5.41, 5.74) is 0.490. The van der Waals surface area contributed by atoms with E-state index >= 15 is 0 Å². The van der Waals surface area contributed by atoms with E-state index in [-0.39, 0.29) is 5.97 Å². The van der Waals surface area contributed by atoms with E-state index < -0.39 is 0 Å². The topological polar surface area (TPSA) is 44.8 Å². The highest BCUT2D eigenvalue weighted by Crippen LogP contribution is 2.25. The molecule has 0 saturated carbocycles. The minimum Gasteiger partial charge on any atom is -0.493 e. The molecule has 0 saturated heterocycles. The van der Waals surface area contributed by atoms with Gasteiger partial charge in [0.1, 0.15) is 11.5 Å². The Labute approximate surface area is 299 Å². The summed E-state index contributed by atoms with van der Waals surface area (Å²) >= 11 is 0. The van der Waals surface area contributed by atoms with E-state index in [1.807, 2.05) is 6.07 Å². The Bertz CT molecular complexity index is 766. The van der Waals surface area contributed by atoms with Crippen molar-refractivity contribution in [2.75, 3.05) is 20.3 Å². The zero-order chi connectivity index (χ0) is 34.6. The van der Waals surface area contributed by atoms with Crippen LogP contribution in [0.1, 0.15) is 230 Å². The summed E-state index contributed by atoms with van der Waals surface area (Å²) in [7, 11) is 1.42. The molecule has 0 heterocycles. The lowest BCUT2D eigenvalue weighted by Gasteiger charge is -2.12. The molecule has 0 bridgehead atoms. The molecule has 48 heavy (non-hydrogen) atoms. The van der Waals surface area contributed by atoms with Gasteiger partial charge in [0.2, 0.25) is 0 Å². The fourth-order valence-electron chi connectivity index (χ4n) is 6.65. The normalized spacial score (nSPS) is 11.2. The van der Waals surface area contributed by atoms with E-state index in [2.05, 4.69) is 13.8 Å². The molecule has 4 heteroatoms. The third kappa shape index (κ3) is 28.2. The largest absolute Gasteiger partial charge is 0.493 e. The van der Waals surface area contributed by atoms with Gasteiger partial charge < -0.3 is 14.2 Å². The van der Waals surface area contributed by atoms with Gasteiger partial charge in [-0.2, -0.15) is 0 Å². The molecule has 0 aliphatic carbocycles. The van der Waals surface area contributed by atoms with Gasteiger partial charge in [0, 0.05) is 6.07 Å². The maximum Gasteiger partial charge on any atom is 0.338 e. The summed E-state index contributed by atoms with van der Waals surface area (Å²) in [4.78, 5) is 12.3. The molecule has 1 aromatic rings. The van der Waals surface area contributed by atoms with Gasteiger partial charge in [-0.05, 0) is 25.0 Å². The first kappa shape index (κ1) is 44.3. The van der Waals surface area contributed by atoms with Crippen molar-refractivity contribution in [3.63, 3.8) is 0 Å². The lowest BCUT2D eigenvalue weighted by atomic mass is 10.0. The summed E-state index contributed by atoms with van der Waals surface area (Å²) in [6.45, 7) is 5.91. The van der Waals surface area contributed by atoms with Gasteiger partial charge >= 0.3 is 5.97 Å². The van der Waals surface area contributed by atoms with Gasteiger partial charge in [-0.1, -0.05) is 206 Å². The summed E-state index contributed by atoms with van der Waals surface area (Å²) in [6, 6.07) is 5.48. The number of hydrogen-bond acceptors (Lipinski definition) is 4. The molecule has 4 nitrogen and oxygen atoms in total. The van der Waals surface area contributed by atoms with Crippen LogP contribution in [0.2, 0.25) is 0 Å². The molecule has 280 valence electrons. The van der Waals surface area contributed by atoms with Crippen molar-refractivity contribution in [1.29, 1.82) is 0 Å². The van der Waals surface area contributed by atoms with Crippen LogP contribution in [0.4, 0.5) is 0 Å². The number of ether oxygens (including phenoxy) is 3. The SMILES string of the molecule is CCCCCCCCCCCCCCCCCCOc1cc(OCCCCCCCCCCCCCCCCCC)cc(C(=O)OC)c1. The molecule has 0 amide bonds. The minimum atomic E-state index is -0.352. The Hall–Kier alpha value is -1.71. The second kappa shape index (κ2) is 35.1. The Morgan fingerprint density at radius 2 is 0.646 bits per heavy atom. The second-order valence-corrected chi connectivity index (χ2v) is 14.5. The van der Waals surface area contributed by atoms with E-state index in [0.29, 0.717) is 30.3 Å². The zero-order valence-electron chi connectivity index (χ0n) is 32.4. The van der Waals surface area contributed by atoms with Crippen LogP contribution in [-0.4, -0.2) is 26.3 Å². The van der Waals surface area contributed by atoms with Crippen LogP contribution >= 0.6 is 0 Å². The minimum absolute atomic E-state index is 0.352. The Morgan fingerprint density at radius 3 is 0.896 bits per heavy atom. The summed E-state index contributed by atoms with van der Waals surface area (Å²) in [5.74, 6) is 1.04. The van der Waals surface area contributed by atoms with Gasteiger partial charge in [-0.25, -0.2) is 4.79 Å². The summed E-state index contributed by atoms with van der Waals surface area (Å²) < 4.78 is 17.1. The van der Waals surface area contributed by atoms with Crippen LogP contribution in [0, 0.1) is 0 Å². The number of carbonyl (C=O) groups excluding carboxylic acids is 1. The number of hydrogen-bond donors (Lipinski definition) is 0. The highest BCUT2D eigenvalue weighted by Gasteiger charge is 2.11. The quantitative estimate of drug-likeness (QED) is 0.0521. The van der Waals surface area contributed by atoms with E-state index in [1.165, 1.54) is 200 Å². The number of benzene rings is 1. The van der Waals surface area contributed by atoms with E-state index in [4.69, 9.17) is 14.2 Å². The molecular formula is C44H80O4. The monoisotopic (exact) mass is 673 g/mol. The molecule has 0 unspecified atom stereocenters. The lowest BCUT2D eigenvalue weighted by Crippen LogP contribution is -2.05. The molecule has 0 aromatic heterocycles. The number of esters is 1. The summed E-state index contributed by atoms with van der Waals surface area (Å²) in [5, 5.41) is 0. The molecule has 0 fully saturated rings. The van der Waals surface area contributed by atoms with Crippen molar-refractivity contribution < 1.29 is 19.0 Å². The van der Waals surface area contributed by atoms with Crippen LogP contribution in [0.5, 0.6) is 11.5 Å². The van der Waals surface area contributed by atoms with E-state index in [0.717, 1.165) is 12.8 Å². The van der Waals surface area contributed by atoms with Crippen LogP contribution in [0.3, 0.4) is 0 Å². The molecule has 0 aliphatic heterocycles. The third-order valence-corrected chi connectivity index (χ3v) is 9.83. The van der Waals surface area contributed by atoms with E-state index in [1.54, 1.807) is 12.1 Å². The third-order valence-electron chi connectivity index (χ3n) is 9.83. The highest BCUT2D eigenvalue weighted by molar-refractivity contribution is 5.90. The highest BCUT2D eigenvalue weighted by atomic mass is 16.5. The molecule has 0 aliphatic rings. The standard InChI is InChI=1S/C44H80O4/c1-4-6-8-10-12-14-16-18-20-22-24-26-28-30-32-34-36-47-42-38-41(44(45)46-3)39-43(40-42)48-37-35-33-31-29-27-25-23-21-19-17-15-13-11-9-7-5-2/h38-40H,4-37H2,1-3H3. The molecule has 0 atom stereocenters. The Balaban J connectivity index is 2.06. The van der Waals surface area contributed by atoms with E-state index in [9.17, 15) is 4.79 Å². The molecule has 0 N–H and O–H groups in total. The Kier molecular flexibility index (Phi) is 32.4. The molecule has 0 spiro atoms. The fraction of sp³-hybridized carbons (Fsp3) is 0.841. The van der Waals surface area contributed by atoms with Crippen LogP contribution in [0.15, 0.2) is 18.2 Å². The predicted molar refractivity (Wildman–Crippen MR) is 208 cm³/mol. The molecule has 1 rings (SSSR count). The number of carbonyl (C=O) groups is 1. The first-order valence-corrected chi connectivity index (χ1v) is 21.2. The van der Waals surface area contributed by atoms with Crippen LogP contribution in [0.25, 0.3) is 0 Å².